The molecule has 30 heavy (non-hydrogen) atoms. The van der Waals surface area contributed by atoms with Gasteiger partial charge in [0.25, 0.3) is 0 Å². The number of amides is 2. The number of carbonyl (C=O) groups is 2. The quantitative estimate of drug-likeness (QED) is 0.732. The number of anilines is 1. The van der Waals surface area contributed by atoms with Crippen molar-refractivity contribution in [2.45, 2.75) is 26.3 Å². The van der Waals surface area contributed by atoms with Crippen LogP contribution in [-0.4, -0.2) is 54.6 Å². The Labute approximate surface area is 180 Å². The van der Waals surface area contributed by atoms with Crippen LogP contribution in [0.5, 0.6) is 11.5 Å². The fourth-order valence-corrected chi connectivity index (χ4v) is 4.55. The monoisotopic (exact) mass is 429 g/mol. The molecule has 1 fully saturated rings. The number of likely N-dealkylation sites (tertiary alicyclic amines) is 1. The van der Waals surface area contributed by atoms with Crippen molar-refractivity contribution in [3.63, 3.8) is 0 Å². The van der Waals surface area contributed by atoms with E-state index < -0.39 is 0 Å². The van der Waals surface area contributed by atoms with Crippen LogP contribution in [0.2, 0.25) is 0 Å². The molecule has 1 aromatic carbocycles. The van der Waals surface area contributed by atoms with Crippen LogP contribution in [-0.2, 0) is 16.1 Å². The highest BCUT2D eigenvalue weighted by atomic mass is 32.1. The largest absolute Gasteiger partial charge is 0.454 e. The molecule has 0 radical (unpaired) electrons. The second-order valence-electron chi connectivity index (χ2n) is 7.59. The minimum atomic E-state index is -0.0461. The number of carbonyl (C=O) groups excluding carboxylic acids is 2. The summed E-state index contributed by atoms with van der Waals surface area (Å²) in [4.78, 5) is 30.6. The van der Waals surface area contributed by atoms with E-state index in [0.717, 1.165) is 25.9 Å². The van der Waals surface area contributed by atoms with Gasteiger partial charge in [0.05, 0.1) is 13.1 Å². The number of hydrogen-bond donors (Lipinski definition) is 1. The Morgan fingerprint density at radius 2 is 2.00 bits per heavy atom. The van der Waals surface area contributed by atoms with Crippen molar-refractivity contribution < 1.29 is 19.1 Å². The van der Waals surface area contributed by atoms with Crippen LogP contribution in [0, 0.1) is 5.92 Å². The van der Waals surface area contributed by atoms with Crippen molar-refractivity contribution in [1.29, 1.82) is 0 Å². The van der Waals surface area contributed by atoms with E-state index in [4.69, 9.17) is 9.47 Å². The van der Waals surface area contributed by atoms with Gasteiger partial charge in [0, 0.05) is 29.1 Å². The summed E-state index contributed by atoms with van der Waals surface area (Å²) in [5.74, 6) is 1.48. The summed E-state index contributed by atoms with van der Waals surface area (Å²) in [7, 11) is 0. The van der Waals surface area contributed by atoms with E-state index in [1.54, 1.807) is 17.4 Å². The van der Waals surface area contributed by atoms with Crippen LogP contribution >= 0.6 is 11.3 Å². The number of rotatable bonds is 7. The molecule has 0 atom stereocenters. The first-order valence-corrected chi connectivity index (χ1v) is 11.2. The van der Waals surface area contributed by atoms with Gasteiger partial charge < -0.3 is 19.7 Å². The normalized spacial score (nSPS) is 16.4. The second-order valence-corrected chi connectivity index (χ2v) is 8.63. The van der Waals surface area contributed by atoms with Gasteiger partial charge in [0.15, 0.2) is 11.5 Å². The maximum Gasteiger partial charge on any atom is 0.237 e. The molecule has 1 saturated heterocycles. The summed E-state index contributed by atoms with van der Waals surface area (Å²) in [6.07, 6.45) is 1.50. The van der Waals surface area contributed by atoms with Crippen molar-refractivity contribution in [3.8, 4) is 11.5 Å². The topological polar surface area (TPSA) is 71.1 Å². The van der Waals surface area contributed by atoms with E-state index in [1.165, 1.54) is 4.88 Å². The summed E-state index contributed by atoms with van der Waals surface area (Å²) in [6.45, 7) is 5.51. The van der Waals surface area contributed by atoms with Crippen LogP contribution in [0.15, 0.2) is 35.7 Å². The molecule has 4 rings (SSSR count). The molecular formula is C22H27N3O4S. The zero-order chi connectivity index (χ0) is 20.9. The molecule has 3 heterocycles. The third kappa shape index (κ3) is 4.94. The summed E-state index contributed by atoms with van der Waals surface area (Å²) < 4.78 is 10.7. The third-order valence-electron chi connectivity index (χ3n) is 5.62. The standard InChI is InChI=1S/C22H27N3O4S/c1-2-25(13-18-4-3-11-30-18)21(26)14-24-9-7-16(8-10-24)22(27)23-17-5-6-19-20(12-17)29-15-28-19/h3-6,11-12,16H,2,7-10,13-15H2,1H3,(H,23,27). The number of hydrogen-bond acceptors (Lipinski definition) is 6. The highest BCUT2D eigenvalue weighted by molar-refractivity contribution is 7.09. The molecule has 0 aliphatic carbocycles. The molecule has 7 nitrogen and oxygen atoms in total. The number of fused-ring (bicyclic) bond motifs is 1. The van der Waals surface area contributed by atoms with Gasteiger partial charge in [0.1, 0.15) is 0 Å². The van der Waals surface area contributed by atoms with E-state index in [9.17, 15) is 9.59 Å². The highest BCUT2D eigenvalue weighted by Gasteiger charge is 2.27. The lowest BCUT2D eigenvalue weighted by atomic mass is 9.95. The first kappa shape index (κ1) is 20.7. The van der Waals surface area contributed by atoms with Gasteiger partial charge in [-0.25, -0.2) is 0 Å². The lowest BCUT2D eigenvalue weighted by Crippen LogP contribution is -2.44. The minimum Gasteiger partial charge on any atom is -0.454 e. The van der Waals surface area contributed by atoms with Crippen molar-refractivity contribution in [2.75, 3.05) is 38.3 Å². The average Bonchev–Trinajstić information content (AvgIpc) is 3.44. The zero-order valence-electron chi connectivity index (χ0n) is 17.1. The third-order valence-corrected chi connectivity index (χ3v) is 6.48. The van der Waals surface area contributed by atoms with Gasteiger partial charge >= 0.3 is 0 Å². The van der Waals surface area contributed by atoms with Gasteiger partial charge in [-0.1, -0.05) is 6.07 Å². The number of piperidine rings is 1. The minimum absolute atomic E-state index is 0.0210. The fraction of sp³-hybridized carbons (Fsp3) is 0.455. The molecule has 1 N–H and O–H groups in total. The predicted octanol–water partition coefficient (Wildman–Crippen LogP) is 3.18. The summed E-state index contributed by atoms with van der Waals surface area (Å²) in [5.41, 5.74) is 0.717. The zero-order valence-corrected chi connectivity index (χ0v) is 18.0. The summed E-state index contributed by atoms with van der Waals surface area (Å²) in [6, 6.07) is 9.50. The van der Waals surface area contributed by atoms with Gasteiger partial charge in [-0.3, -0.25) is 14.5 Å². The van der Waals surface area contributed by atoms with Crippen molar-refractivity contribution in [2.24, 2.45) is 5.92 Å². The van der Waals surface area contributed by atoms with Crippen LogP contribution in [0.1, 0.15) is 24.6 Å². The van der Waals surface area contributed by atoms with E-state index >= 15 is 0 Å². The number of thiophene rings is 1. The second kappa shape index (κ2) is 9.49. The number of ether oxygens (including phenoxy) is 2. The van der Waals surface area contributed by atoms with Crippen LogP contribution < -0.4 is 14.8 Å². The van der Waals surface area contributed by atoms with Gasteiger partial charge in [-0.15, -0.1) is 11.3 Å². The molecule has 1 aromatic heterocycles. The van der Waals surface area contributed by atoms with Crippen LogP contribution in [0.25, 0.3) is 0 Å². The van der Waals surface area contributed by atoms with E-state index in [1.807, 2.05) is 35.4 Å². The molecule has 0 bridgehead atoms. The molecule has 2 aliphatic heterocycles. The fourth-order valence-electron chi connectivity index (χ4n) is 3.83. The number of nitrogens with one attached hydrogen (secondary N) is 1. The number of likely N-dealkylation sites (N-methyl/N-ethyl adjacent to an activating group) is 1. The van der Waals surface area contributed by atoms with Gasteiger partial charge in [0.2, 0.25) is 18.6 Å². The molecule has 0 spiro atoms. The molecule has 0 unspecified atom stereocenters. The van der Waals surface area contributed by atoms with Crippen LogP contribution in [0.4, 0.5) is 5.69 Å². The molecular weight excluding hydrogens is 402 g/mol. The first-order valence-electron chi connectivity index (χ1n) is 10.4. The molecule has 0 saturated carbocycles. The van der Waals surface area contributed by atoms with E-state index in [2.05, 4.69) is 16.3 Å². The lowest BCUT2D eigenvalue weighted by Gasteiger charge is -2.32. The molecule has 8 heteroatoms. The Kier molecular flexibility index (Phi) is 6.54. The van der Waals surface area contributed by atoms with Crippen molar-refractivity contribution >= 4 is 28.8 Å². The summed E-state index contributed by atoms with van der Waals surface area (Å²) >= 11 is 1.67. The SMILES string of the molecule is CCN(Cc1cccs1)C(=O)CN1CCC(C(=O)Nc2ccc3c(c2)OCO3)CC1. The first-order chi connectivity index (χ1) is 14.6. The van der Waals surface area contributed by atoms with Crippen LogP contribution in [0.3, 0.4) is 0 Å². The Morgan fingerprint density at radius 1 is 1.20 bits per heavy atom. The van der Waals surface area contributed by atoms with Crippen molar-refractivity contribution in [1.82, 2.24) is 9.80 Å². The Bertz CT molecular complexity index is 879. The molecule has 2 amide bonds. The van der Waals surface area contributed by atoms with E-state index in [-0.39, 0.29) is 24.5 Å². The molecule has 2 aliphatic rings. The Balaban J connectivity index is 1.24. The molecule has 160 valence electrons. The lowest BCUT2D eigenvalue weighted by molar-refractivity contribution is -0.133. The average molecular weight is 430 g/mol. The Hall–Kier alpha value is -2.58. The van der Waals surface area contributed by atoms with Gasteiger partial charge in [-0.05, 0) is 56.4 Å². The maximum atomic E-state index is 12.7. The molecule has 2 aromatic rings. The predicted molar refractivity (Wildman–Crippen MR) is 116 cm³/mol. The number of benzene rings is 1. The summed E-state index contributed by atoms with van der Waals surface area (Å²) in [5, 5.41) is 5.02. The van der Waals surface area contributed by atoms with Crippen molar-refractivity contribution in [3.05, 3.63) is 40.6 Å². The van der Waals surface area contributed by atoms with Gasteiger partial charge in [-0.2, -0.15) is 0 Å². The highest BCUT2D eigenvalue weighted by Crippen LogP contribution is 2.34. The van der Waals surface area contributed by atoms with E-state index in [0.29, 0.717) is 36.8 Å². The maximum absolute atomic E-state index is 12.7. The Morgan fingerprint density at radius 3 is 2.73 bits per heavy atom. The number of nitrogens with zero attached hydrogens (tertiary/aromatic N) is 2. The smallest absolute Gasteiger partial charge is 0.237 e.